The number of carbonyl (C=O) groups is 2. The van der Waals surface area contributed by atoms with Crippen molar-refractivity contribution in [2.75, 3.05) is 33.8 Å². The predicted molar refractivity (Wildman–Crippen MR) is 117 cm³/mol. The second-order valence-electron chi connectivity index (χ2n) is 6.01. The van der Waals surface area contributed by atoms with E-state index >= 15 is 0 Å². The highest BCUT2D eigenvalue weighted by atomic mass is 35.5. The minimum absolute atomic E-state index is 0.139. The second-order valence-corrected chi connectivity index (χ2v) is 6.80. The predicted octanol–water partition coefficient (Wildman–Crippen LogP) is 4.71. The van der Waals surface area contributed by atoms with Crippen molar-refractivity contribution in [3.05, 3.63) is 34.3 Å². The normalized spacial score (nSPS) is 11.7. The number of nitrogens with zero attached hydrogens (tertiary/aromatic N) is 2. The van der Waals surface area contributed by atoms with Gasteiger partial charge in [-0.3, -0.25) is 9.59 Å². The highest BCUT2D eigenvalue weighted by molar-refractivity contribution is 6.34. The number of amides is 1. The summed E-state index contributed by atoms with van der Waals surface area (Å²) in [6, 6.07) is 4.73. The van der Waals surface area contributed by atoms with Gasteiger partial charge in [0, 0.05) is 0 Å². The average molecular weight is 470 g/mol. The van der Waals surface area contributed by atoms with E-state index in [4.69, 9.17) is 42.1 Å². The third kappa shape index (κ3) is 5.36. The summed E-state index contributed by atoms with van der Waals surface area (Å²) in [5.74, 6) is -0.198. The van der Waals surface area contributed by atoms with Crippen molar-refractivity contribution in [2.24, 2.45) is 10.2 Å². The number of ether oxygens (including phenoxy) is 4. The monoisotopic (exact) mass is 469 g/mol. The van der Waals surface area contributed by atoms with Crippen LogP contribution in [0, 0.1) is 0 Å². The van der Waals surface area contributed by atoms with Crippen LogP contribution in [0.1, 0.15) is 6.92 Å². The van der Waals surface area contributed by atoms with Gasteiger partial charge < -0.3 is 24.3 Å². The molecule has 0 radical (unpaired) electrons. The lowest BCUT2D eigenvalue weighted by Gasteiger charge is -2.16. The van der Waals surface area contributed by atoms with Gasteiger partial charge in [-0.25, -0.2) is 0 Å². The maximum Gasteiger partial charge on any atom is 0.258 e. The number of ketones is 1. The van der Waals surface area contributed by atoms with Crippen molar-refractivity contribution < 1.29 is 28.5 Å². The van der Waals surface area contributed by atoms with Crippen molar-refractivity contribution in [3.63, 3.8) is 0 Å². The third-order valence-electron chi connectivity index (χ3n) is 4.12. The Bertz CT molecular complexity index is 1010. The quantitative estimate of drug-likeness (QED) is 0.420. The summed E-state index contributed by atoms with van der Waals surface area (Å²) in [7, 11) is 5.69. The fraction of sp³-hybridized carbons (Fsp3) is 0.300. The highest BCUT2D eigenvalue weighted by Crippen LogP contribution is 2.42. The zero-order valence-electron chi connectivity index (χ0n) is 17.5. The van der Waals surface area contributed by atoms with Gasteiger partial charge in [0.05, 0.1) is 33.5 Å². The molecule has 2 rings (SSSR count). The maximum absolute atomic E-state index is 12.8. The number of Topliss-reactive ketones (excluding diaryl/α,β-unsaturated/α-hetero) is 1. The summed E-state index contributed by atoms with van der Waals surface area (Å²) in [5.41, 5.74) is 0.351. The van der Waals surface area contributed by atoms with Crippen molar-refractivity contribution in [1.29, 1.82) is 0 Å². The first kappa shape index (κ1) is 24.2. The van der Waals surface area contributed by atoms with Crippen molar-refractivity contribution in [1.82, 2.24) is 0 Å². The molecule has 1 unspecified atom stereocenters. The van der Waals surface area contributed by atoms with Gasteiger partial charge >= 0.3 is 0 Å². The lowest BCUT2D eigenvalue weighted by Crippen LogP contribution is -2.32. The highest BCUT2D eigenvalue weighted by Gasteiger charge is 2.26. The fourth-order valence-corrected chi connectivity index (χ4v) is 3.12. The Morgan fingerprint density at radius 2 is 1.52 bits per heavy atom. The Balaban J connectivity index is 2.38. The minimum Gasteiger partial charge on any atom is -0.495 e. The van der Waals surface area contributed by atoms with E-state index in [1.807, 2.05) is 0 Å². The number of anilines is 1. The Morgan fingerprint density at radius 1 is 0.903 bits per heavy atom. The summed E-state index contributed by atoms with van der Waals surface area (Å²) in [6.07, 6.45) is 0. The number of methoxy groups -OCH3 is 4. The molecule has 0 saturated carbocycles. The SMILES string of the molecule is COc1ccc(N=NC(C(C)=O)C(=O)Nc2c(Cl)ccc(OC)c2OC)c(OC)c1Cl. The molecular formula is C20H21Cl2N3O6. The average Bonchev–Trinajstić information content (AvgIpc) is 2.75. The Kier molecular flexibility index (Phi) is 8.47. The van der Waals surface area contributed by atoms with Crippen LogP contribution in [0.3, 0.4) is 0 Å². The standard InChI is InChI=1S/C20H21Cl2N3O6/c1-10(26)16(25-24-12-7-9-13(28-2)15(22)18(12)30-4)20(27)23-17-11(21)6-8-14(29-3)19(17)31-5/h6-9,16H,1-5H3,(H,23,27). The van der Waals surface area contributed by atoms with E-state index in [1.54, 1.807) is 12.1 Å². The van der Waals surface area contributed by atoms with Gasteiger partial charge in [-0.15, -0.1) is 0 Å². The summed E-state index contributed by atoms with van der Waals surface area (Å²) < 4.78 is 20.8. The topological polar surface area (TPSA) is 108 Å². The molecule has 0 aliphatic rings. The number of carbonyl (C=O) groups excluding carboxylic acids is 2. The summed E-state index contributed by atoms with van der Waals surface area (Å²) in [5, 5.41) is 10.8. The van der Waals surface area contributed by atoms with E-state index < -0.39 is 17.7 Å². The van der Waals surface area contributed by atoms with Gasteiger partial charge in [-0.1, -0.05) is 23.2 Å². The zero-order chi connectivity index (χ0) is 23.1. The molecule has 1 atom stereocenters. The molecule has 11 heteroatoms. The van der Waals surface area contributed by atoms with Crippen LogP contribution in [0.5, 0.6) is 23.0 Å². The number of rotatable bonds is 9. The molecule has 0 saturated heterocycles. The first-order valence-electron chi connectivity index (χ1n) is 8.82. The molecule has 2 aromatic carbocycles. The van der Waals surface area contributed by atoms with Crippen molar-refractivity contribution in [2.45, 2.75) is 13.0 Å². The molecule has 0 spiro atoms. The first-order valence-corrected chi connectivity index (χ1v) is 9.57. The van der Waals surface area contributed by atoms with Crippen molar-refractivity contribution in [3.8, 4) is 23.0 Å². The largest absolute Gasteiger partial charge is 0.495 e. The number of benzene rings is 2. The molecule has 9 nitrogen and oxygen atoms in total. The minimum atomic E-state index is -1.46. The lowest BCUT2D eigenvalue weighted by molar-refractivity contribution is -0.126. The summed E-state index contributed by atoms with van der Waals surface area (Å²) in [6.45, 7) is 1.21. The van der Waals surface area contributed by atoms with Crippen LogP contribution in [0.15, 0.2) is 34.5 Å². The van der Waals surface area contributed by atoms with E-state index in [9.17, 15) is 9.59 Å². The molecule has 0 aliphatic heterocycles. The molecule has 0 heterocycles. The Labute approximate surface area is 189 Å². The number of hydrogen-bond acceptors (Lipinski definition) is 8. The smallest absolute Gasteiger partial charge is 0.258 e. The molecule has 31 heavy (non-hydrogen) atoms. The van der Waals surface area contributed by atoms with Crippen LogP contribution in [0.2, 0.25) is 10.0 Å². The Hall–Kier alpha value is -3.04. The van der Waals surface area contributed by atoms with Crippen LogP contribution in [0.25, 0.3) is 0 Å². The molecule has 0 aromatic heterocycles. The molecule has 0 aliphatic carbocycles. The van der Waals surface area contributed by atoms with E-state index in [0.29, 0.717) is 11.5 Å². The fourth-order valence-electron chi connectivity index (χ4n) is 2.61. The summed E-state index contributed by atoms with van der Waals surface area (Å²) in [4.78, 5) is 24.9. The van der Waals surface area contributed by atoms with Crippen LogP contribution in [0.4, 0.5) is 11.4 Å². The van der Waals surface area contributed by atoms with Gasteiger partial charge in [-0.05, 0) is 31.2 Å². The van der Waals surface area contributed by atoms with E-state index in [2.05, 4.69) is 15.5 Å². The molecule has 1 N–H and O–H groups in total. The van der Waals surface area contributed by atoms with Gasteiger partial charge in [0.15, 0.2) is 23.0 Å². The van der Waals surface area contributed by atoms with Crippen LogP contribution < -0.4 is 24.3 Å². The molecule has 0 fully saturated rings. The molecule has 2 aromatic rings. The first-order chi connectivity index (χ1) is 14.8. The zero-order valence-corrected chi connectivity index (χ0v) is 19.0. The summed E-state index contributed by atoms with van der Waals surface area (Å²) >= 11 is 12.4. The Morgan fingerprint density at radius 3 is 2.06 bits per heavy atom. The van der Waals surface area contributed by atoms with Gasteiger partial charge in [-0.2, -0.15) is 10.2 Å². The van der Waals surface area contributed by atoms with Gasteiger partial charge in [0.25, 0.3) is 5.91 Å². The second kappa shape index (κ2) is 10.8. The number of azo groups is 1. The van der Waals surface area contributed by atoms with Crippen LogP contribution in [-0.2, 0) is 9.59 Å². The number of nitrogens with one attached hydrogen (secondary N) is 1. The van der Waals surface area contributed by atoms with Crippen molar-refractivity contribution >= 4 is 46.3 Å². The molecule has 1 amide bonds. The molecule has 166 valence electrons. The molecular weight excluding hydrogens is 449 g/mol. The molecule has 0 bridgehead atoms. The number of hydrogen-bond donors (Lipinski definition) is 1. The van der Waals surface area contributed by atoms with E-state index in [1.165, 1.54) is 47.5 Å². The maximum atomic E-state index is 12.8. The van der Waals surface area contributed by atoms with Crippen LogP contribution >= 0.6 is 23.2 Å². The lowest BCUT2D eigenvalue weighted by atomic mass is 10.2. The third-order valence-corrected chi connectivity index (χ3v) is 4.80. The number of halogens is 2. The van der Waals surface area contributed by atoms with E-state index in [0.717, 1.165) is 0 Å². The van der Waals surface area contributed by atoms with Gasteiger partial charge in [0.1, 0.15) is 22.1 Å². The van der Waals surface area contributed by atoms with E-state index in [-0.39, 0.29) is 32.9 Å². The van der Waals surface area contributed by atoms with Crippen LogP contribution in [-0.4, -0.2) is 46.2 Å². The van der Waals surface area contributed by atoms with Gasteiger partial charge in [0.2, 0.25) is 6.04 Å².